The van der Waals surface area contributed by atoms with Crippen molar-refractivity contribution in [3.05, 3.63) is 60.8 Å². The van der Waals surface area contributed by atoms with Crippen molar-refractivity contribution >= 4 is 13.8 Å². The molecule has 0 aromatic heterocycles. The molecule has 2 atom stereocenters. The Hall–Kier alpha value is -1.80. The van der Waals surface area contributed by atoms with Crippen molar-refractivity contribution in [2.45, 2.75) is 97.0 Å². The van der Waals surface area contributed by atoms with Crippen LogP contribution in [0.15, 0.2) is 60.8 Å². The van der Waals surface area contributed by atoms with E-state index >= 15 is 0 Å². The highest BCUT2D eigenvalue weighted by atomic mass is 31.2. The third-order valence-corrected chi connectivity index (χ3v) is 7.08. The van der Waals surface area contributed by atoms with Gasteiger partial charge in [-0.3, -0.25) is 13.8 Å². The van der Waals surface area contributed by atoms with Crippen LogP contribution in [0.3, 0.4) is 0 Å². The van der Waals surface area contributed by atoms with Gasteiger partial charge in [0.2, 0.25) is 0 Å². The second kappa shape index (κ2) is 27.7. The van der Waals surface area contributed by atoms with E-state index in [0.29, 0.717) is 24.1 Å². The normalized spacial score (nSPS) is 15.0. The second-order valence-electron chi connectivity index (χ2n) is 11.5. The predicted octanol–water partition coefficient (Wildman–Crippen LogP) is 8.26. The van der Waals surface area contributed by atoms with Crippen molar-refractivity contribution in [2.24, 2.45) is 0 Å². The van der Waals surface area contributed by atoms with Crippen LogP contribution in [0.1, 0.15) is 90.9 Å². The van der Waals surface area contributed by atoms with E-state index in [0.717, 1.165) is 70.6 Å². The molecule has 0 fully saturated rings. The molecule has 0 heterocycles. The third-order valence-electron chi connectivity index (χ3n) is 6.09. The van der Waals surface area contributed by atoms with Gasteiger partial charge < -0.3 is 18.9 Å². The van der Waals surface area contributed by atoms with E-state index in [4.69, 9.17) is 18.5 Å². The maximum absolute atomic E-state index is 12.3. The van der Waals surface area contributed by atoms with E-state index in [1.165, 1.54) is 0 Å². The lowest BCUT2D eigenvalue weighted by atomic mass is 10.2. The van der Waals surface area contributed by atoms with Crippen LogP contribution < -0.4 is 0 Å². The summed E-state index contributed by atoms with van der Waals surface area (Å²) in [5.41, 5.74) is 0. The molecule has 8 nitrogen and oxygen atoms in total. The third kappa shape index (κ3) is 31.4. The predicted molar refractivity (Wildman–Crippen MR) is 178 cm³/mol. The molecule has 0 aromatic carbocycles. The van der Waals surface area contributed by atoms with Gasteiger partial charge in [-0.05, 0) is 57.8 Å². The fourth-order valence-corrected chi connectivity index (χ4v) is 4.32. The minimum Gasteiger partial charge on any atom is -0.457 e. The van der Waals surface area contributed by atoms with E-state index in [9.17, 15) is 14.3 Å². The highest BCUT2D eigenvalue weighted by Crippen LogP contribution is 2.43. The van der Waals surface area contributed by atoms with Crippen molar-refractivity contribution in [1.82, 2.24) is 0 Å². The molecule has 2 unspecified atom stereocenters. The van der Waals surface area contributed by atoms with Crippen molar-refractivity contribution < 1.29 is 37.3 Å². The second-order valence-corrected chi connectivity index (χ2v) is 12.9. The van der Waals surface area contributed by atoms with Crippen molar-refractivity contribution in [2.75, 3.05) is 54.1 Å². The molecule has 43 heavy (non-hydrogen) atoms. The van der Waals surface area contributed by atoms with Crippen molar-refractivity contribution in [3.8, 4) is 0 Å². The summed E-state index contributed by atoms with van der Waals surface area (Å²) in [7, 11) is 1.62. The van der Waals surface area contributed by atoms with Crippen molar-refractivity contribution in [1.29, 1.82) is 0 Å². The summed E-state index contributed by atoms with van der Waals surface area (Å²) in [6.45, 7) is 5.17. The Bertz CT molecular complexity index is 874. The van der Waals surface area contributed by atoms with Crippen LogP contribution in [0.2, 0.25) is 0 Å². The molecular formula is C34H61NO7P+. The molecule has 0 bridgehead atoms. The summed E-state index contributed by atoms with van der Waals surface area (Å²) in [6, 6.07) is 0. The Morgan fingerprint density at radius 1 is 0.744 bits per heavy atom. The summed E-state index contributed by atoms with van der Waals surface area (Å²) in [4.78, 5) is 22.2. The van der Waals surface area contributed by atoms with Gasteiger partial charge >= 0.3 is 13.8 Å². The van der Waals surface area contributed by atoms with Crippen LogP contribution in [0.25, 0.3) is 0 Å². The zero-order chi connectivity index (χ0) is 32.1. The highest BCUT2D eigenvalue weighted by Gasteiger charge is 2.26. The molecule has 0 aliphatic heterocycles. The number of nitrogens with zero attached hydrogens (tertiary/aromatic N) is 1. The lowest BCUT2D eigenvalue weighted by Gasteiger charge is -2.24. The number of quaternary nitrogens is 1. The zero-order valence-electron chi connectivity index (χ0n) is 27.7. The standard InChI is InChI=1S/C34H60NO7P/c1-6-8-10-11-12-13-14-15-16-17-18-19-20-21-22-23-24-26-29-39-31-33(42-34(36)27-25-9-7-2)32-41-43(37,38)40-30-28-35(3,4)5/h8,10,12-13,15-16,18-19,21-22,33H,6-7,9,11,14,17,20,23-32H2,1-5H3/p+1/b10-8-,13-12-,16-15-,19-18-,22-21-. The molecule has 1 N–H and O–H groups in total. The van der Waals surface area contributed by atoms with Gasteiger partial charge in [0.1, 0.15) is 19.3 Å². The van der Waals surface area contributed by atoms with Crippen LogP contribution in [0.5, 0.6) is 0 Å². The number of hydrogen-bond donors (Lipinski definition) is 1. The van der Waals surface area contributed by atoms with E-state index in [1.54, 1.807) is 0 Å². The molecule has 0 aliphatic carbocycles. The van der Waals surface area contributed by atoms with Crippen LogP contribution in [0, 0.1) is 0 Å². The number of esters is 1. The largest absolute Gasteiger partial charge is 0.472 e. The van der Waals surface area contributed by atoms with Gasteiger partial charge in [-0.2, -0.15) is 0 Å². The number of allylic oxidation sites excluding steroid dienone is 10. The van der Waals surface area contributed by atoms with Gasteiger partial charge in [0.05, 0.1) is 34.4 Å². The number of rotatable bonds is 28. The first-order chi connectivity index (χ1) is 20.6. The van der Waals surface area contributed by atoms with E-state index in [2.05, 4.69) is 74.6 Å². The van der Waals surface area contributed by atoms with Crippen LogP contribution in [-0.2, 0) is 27.9 Å². The molecule has 0 amide bonds. The number of phosphoric ester groups is 1. The van der Waals surface area contributed by atoms with E-state index < -0.39 is 13.9 Å². The van der Waals surface area contributed by atoms with E-state index in [1.807, 2.05) is 21.1 Å². The van der Waals surface area contributed by atoms with Crippen LogP contribution >= 0.6 is 7.82 Å². The summed E-state index contributed by atoms with van der Waals surface area (Å²) in [5.74, 6) is -0.359. The Kier molecular flexibility index (Phi) is 26.6. The fourth-order valence-electron chi connectivity index (χ4n) is 3.57. The smallest absolute Gasteiger partial charge is 0.457 e. The fraction of sp³-hybridized carbons (Fsp3) is 0.676. The van der Waals surface area contributed by atoms with Gasteiger partial charge in [-0.25, -0.2) is 4.57 Å². The highest BCUT2D eigenvalue weighted by molar-refractivity contribution is 7.47. The number of likely N-dealkylation sites (N-methyl/N-ethyl adjacent to an activating group) is 1. The number of carbonyl (C=O) groups excluding carboxylic acids is 1. The average Bonchev–Trinajstić information content (AvgIpc) is 2.94. The number of unbranched alkanes of at least 4 members (excludes halogenated alkanes) is 4. The van der Waals surface area contributed by atoms with Gasteiger partial charge in [0.15, 0.2) is 0 Å². The maximum atomic E-state index is 12.3. The van der Waals surface area contributed by atoms with Crippen LogP contribution in [-0.4, -0.2) is 75.6 Å². The zero-order valence-corrected chi connectivity index (χ0v) is 28.6. The lowest BCUT2D eigenvalue weighted by molar-refractivity contribution is -0.870. The molecule has 0 aliphatic rings. The van der Waals surface area contributed by atoms with Gasteiger partial charge in [-0.15, -0.1) is 0 Å². The molecule has 0 radical (unpaired) electrons. The first-order valence-electron chi connectivity index (χ1n) is 16.0. The molecule has 0 rings (SSSR count). The molecule has 0 aromatic rings. The first kappa shape index (κ1) is 41.2. The number of phosphoric acid groups is 1. The monoisotopic (exact) mass is 626 g/mol. The van der Waals surface area contributed by atoms with E-state index in [-0.39, 0.29) is 25.8 Å². The van der Waals surface area contributed by atoms with Gasteiger partial charge in [0.25, 0.3) is 0 Å². The number of carbonyl (C=O) groups is 1. The number of ether oxygens (including phenoxy) is 2. The van der Waals surface area contributed by atoms with Crippen molar-refractivity contribution in [3.63, 3.8) is 0 Å². The molecule has 0 saturated heterocycles. The van der Waals surface area contributed by atoms with Crippen LogP contribution in [0.4, 0.5) is 0 Å². The SMILES string of the molecule is CC/C=C\C/C=C\C/C=C\C/C=C\C/C=C\CCCCOCC(COP(=O)(O)OCC[N+](C)(C)C)OC(=O)CCCCC. The van der Waals surface area contributed by atoms with Gasteiger partial charge in [-0.1, -0.05) is 87.4 Å². The Morgan fingerprint density at radius 3 is 1.88 bits per heavy atom. The Balaban J connectivity index is 4.22. The summed E-state index contributed by atoms with van der Waals surface area (Å²) < 4.78 is 34.3. The minimum absolute atomic E-state index is 0.0765. The summed E-state index contributed by atoms with van der Waals surface area (Å²) in [5, 5.41) is 0. The average molecular weight is 627 g/mol. The summed E-state index contributed by atoms with van der Waals surface area (Å²) in [6.07, 6.45) is 31.9. The molecule has 248 valence electrons. The topological polar surface area (TPSA) is 91.3 Å². The Labute approximate surface area is 262 Å². The molecule has 0 saturated carbocycles. The lowest BCUT2D eigenvalue weighted by Crippen LogP contribution is -2.37. The maximum Gasteiger partial charge on any atom is 0.472 e. The number of hydrogen-bond acceptors (Lipinski definition) is 6. The molecule has 9 heteroatoms. The minimum atomic E-state index is -4.26. The van der Waals surface area contributed by atoms with Gasteiger partial charge in [0, 0.05) is 13.0 Å². The Morgan fingerprint density at radius 2 is 1.33 bits per heavy atom. The summed E-state index contributed by atoms with van der Waals surface area (Å²) >= 11 is 0. The first-order valence-corrected chi connectivity index (χ1v) is 17.5. The molecule has 0 spiro atoms. The quantitative estimate of drug-likeness (QED) is 0.0307. The molecular weight excluding hydrogens is 565 g/mol.